The number of amides is 1. The number of nitriles is 1. The van der Waals surface area contributed by atoms with Crippen LogP contribution in [0.5, 0.6) is 5.75 Å². The predicted molar refractivity (Wildman–Crippen MR) is 88.1 cm³/mol. The van der Waals surface area contributed by atoms with Gasteiger partial charge in [-0.25, -0.2) is 9.37 Å². The number of anilines is 1. The summed E-state index contributed by atoms with van der Waals surface area (Å²) in [7, 11) is 0. The fourth-order valence-corrected chi connectivity index (χ4v) is 2.05. The maximum Gasteiger partial charge on any atom is 0.250 e. The van der Waals surface area contributed by atoms with Crippen LogP contribution in [0.25, 0.3) is 0 Å². The summed E-state index contributed by atoms with van der Waals surface area (Å²) in [6, 6.07) is 12.5. The van der Waals surface area contributed by atoms with E-state index in [0.717, 1.165) is 0 Å². The molecule has 0 radical (unpaired) electrons. The van der Waals surface area contributed by atoms with Crippen molar-refractivity contribution in [3.05, 3.63) is 54.5 Å². The Morgan fingerprint density at radius 2 is 2.00 bits per heavy atom. The molecule has 0 spiro atoms. The molecule has 2 aromatic rings. The number of nitrogens with zero attached hydrogens (tertiary/aromatic N) is 2. The van der Waals surface area contributed by atoms with E-state index >= 15 is 0 Å². The number of pyridine rings is 1. The van der Waals surface area contributed by atoms with E-state index in [1.165, 1.54) is 18.3 Å². The summed E-state index contributed by atoms with van der Waals surface area (Å²) in [5.74, 6) is -2.79. The first-order chi connectivity index (χ1) is 12.1. The number of halogens is 1. The molecule has 0 aliphatic rings. The van der Waals surface area contributed by atoms with Crippen molar-refractivity contribution < 1.29 is 18.7 Å². The van der Waals surface area contributed by atoms with Crippen molar-refractivity contribution in [1.29, 1.82) is 5.26 Å². The SMILES string of the molecule is N#C[C@H](C(=O)CCCOc1ccccc1F)C(=O)Nc1ccccn1. The molecule has 0 aliphatic heterocycles. The molecule has 0 fully saturated rings. The number of ketones is 1. The van der Waals surface area contributed by atoms with Gasteiger partial charge in [-0.15, -0.1) is 0 Å². The Bertz CT molecular complexity index is 775. The number of aromatic nitrogens is 1. The first kappa shape index (κ1) is 18.1. The van der Waals surface area contributed by atoms with Gasteiger partial charge in [0.05, 0.1) is 12.7 Å². The molecule has 0 unspecified atom stereocenters. The monoisotopic (exact) mass is 341 g/mol. The second-order valence-electron chi connectivity index (χ2n) is 5.12. The zero-order valence-electron chi connectivity index (χ0n) is 13.3. The molecule has 0 bridgehead atoms. The first-order valence-electron chi connectivity index (χ1n) is 7.63. The van der Waals surface area contributed by atoms with Gasteiger partial charge in [0.2, 0.25) is 0 Å². The lowest BCUT2D eigenvalue weighted by Gasteiger charge is -2.10. The predicted octanol–water partition coefficient (Wildman–Crippen LogP) is 2.73. The van der Waals surface area contributed by atoms with Gasteiger partial charge in [-0.1, -0.05) is 18.2 Å². The van der Waals surface area contributed by atoms with Crippen LogP contribution in [-0.4, -0.2) is 23.3 Å². The molecular formula is C18H16FN3O3. The molecule has 128 valence electrons. The fourth-order valence-electron chi connectivity index (χ4n) is 2.05. The number of hydrogen-bond donors (Lipinski definition) is 1. The van der Waals surface area contributed by atoms with Gasteiger partial charge in [-0.3, -0.25) is 9.59 Å². The normalized spacial score (nSPS) is 11.2. The van der Waals surface area contributed by atoms with E-state index < -0.39 is 23.4 Å². The highest BCUT2D eigenvalue weighted by Gasteiger charge is 2.26. The van der Waals surface area contributed by atoms with Crippen LogP contribution in [0.3, 0.4) is 0 Å². The first-order valence-corrected chi connectivity index (χ1v) is 7.63. The molecule has 1 amide bonds. The number of ether oxygens (including phenoxy) is 1. The highest BCUT2D eigenvalue weighted by Crippen LogP contribution is 2.16. The summed E-state index contributed by atoms with van der Waals surface area (Å²) in [4.78, 5) is 28.0. The molecule has 0 aliphatic carbocycles. The Morgan fingerprint density at radius 3 is 2.68 bits per heavy atom. The lowest BCUT2D eigenvalue weighted by Crippen LogP contribution is -2.29. The summed E-state index contributed by atoms with van der Waals surface area (Å²) >= 11 is 0. The van der Waals surface area contributed by atoms with Crippen LogP contribution in [0.15, 0.2) is 48.7 Å². The molecule has 1 atom stereocenters. The van der Waals surface area contributed by atoms with Crippen LogP contribution in [0.4, 0.5) is 10.2 Å². The van der Waals surface area contributed by atoms with Crippen molar-refractivity contribution in [2.24, 2.45) is 5.92 Å². The lowest BCUT2D eigenvalue weighted by atomic mass is 10.0. The minimum atomic E-state index is -1.42. The summed E-state index contributed by atoms with van der Waals surface area (Å²) in [6.07, 6.45) is 1.73. The molecule has 2 rings (SSSR count). The third-order valence-electron chi connectivity index (χ3n) is 3.29. The molecule has 6 nitrogen and oxygen atoms in total. The van der Waals surface area contributed by atoms with Gasteiger partial charge in [0.25, 0.3) is 5.91 Å². The van der Waals surface area contributed by atoms with Crippen molar-refractivity contribution in [3.63, 3.8) is 0 Å². The number of rotatable bonds is 8. The topological polar surface area (TPSA) is 92.1 Å². The number of para-hydroxylation sites is 1. The number of carbonyl (C=O) groups excluding carboxylic acids is 2. The molecule has 1 aromatic heterocycles. The Hall–Kier alpha value is -3.27. The maximum atomic E-state index is 13.4. The number of nitrogens with one attached hydrogen (secondary N) is 1. The minimum Gasteiger partial charge on any atom is -0.491 e. The molecule has 0 saturated heterocycles. The third kappa shape index (κ3) is 5.39. The van der Waals surface area contributed by atoms with Gasteiger partial charge < -0.3 is 10.1 Å². The number of Topliss-reactive ketones (excluding diaryl/α,β-unsaturated/α-hetero) is 1. The van der Waals surface area contributed by atoms with Gasteiger partial charge in [0, 0.05) is 12.6 Å². The van der Waals surface area contributed by atoms with E-state index in [0.29, 0.717) is 0 Å². The zero-order chi connectivity index (χ0) is 18.1. The van der Waals surface area contributed by atoms with E-state index in [9.17, 15) is 14.0 Å². The Morgan fingerprint density at radius 1 is 1.24 bits per heavy atom. The Kier molecular flexibility index (Phi) is 6.60. The van der Waals surface area contributed by atoms with Gasteiger partial charge in [-0.05, 0) is 30.7 Å². The molecule has 0 saturated carbocycles. The summed E-state index contributed by atoms with van der Waals surface area (Å²) in [5.41, 5.74) is 0. The average Bonchev–Trinajstić information content (AvgIpc) is 2.61. The van der Waals surface area contributed by atoms with Gasteiger partial charge >= 0.3 is 0 Å². The summed E-state index contributed by atoms with van der Waals surface area (Å²) in [5, 5.41) is 11.5. The second-order valence-corrected chi connectivity index (χ2v) is 5.12. The van der Waals surface area contributed by atoms with E-state index in [4.69, 9.17) is 10.00 Å². The molecule has 7 heteroatoms. The van der Waals surface area contributed by atoms with Crippen LogP contribution in [0.2, 0.25) is 0 Å². The second kappa shape index (κ2) is 9.13. The smallest absolute Gasteiger partial charge is 0.250 e. The Balaban J connectivity index is 1.80. The van der Waals surface area contributed by atoms with Crippen molar-refractivity contribution in [3.8, 4) is 11.8 Å². The van der Waals surface area contributed by atoms with Crippen LogP contribution in [0, 0.1) is 23.1 Å². The number of benzene rings is 1. The Labute approximate surface area is 144 Å². The molecule has 25 heavy (non-hydrogen) atoms. The van der Waals surface area contributed by atoms with Crippen LogP contribution in [0.1, 0.15) is 12.8 Å². The van der Waals surface area contributed by atoms with Crippen molar-refractivity contribution >= 4 is 17.5 Å². The maximum absolute atomic E-state index is 13.4. The molecule has 1 heterocycles. The van der Waals surface area contributed by atoms with Gasteiger partial charge in [-0.2, -0.15) is 5.26 Å². The van der Waals surface area contributed by atoms with Crippen LogP contribution < -0.4 is 10.1 Å². The van der Waals surface area contributed by atoms with E-state index in [2.05, 4.69) is 10.3 Å². The van der Waals surface area contributed by atoms with Crippen molar-refractivity contribution in [1.82, 2.24) is 4.98 Å². The highest BCUT2D eigenvalue weighted by atomic mass is 19.1. The third-order valence-corrected chi connectivity index (χ3v) is 3.29. The molecular weight excluding hydrogens is 325 g/mol. The number of hydrogen-bond acceptors (Lipinski definition) is 5. The summed E-state index contributed by atoms with van der Waals surface area (Å²) in [6.45, 7) is 0.104. The van der Waals surface area contributed by atoms with Crippen LogP contribution >= 0.6 is 0 Å². The highest BCUT2D eigenvalue weighted by molar-refractivity contribution is 6.09. The summed E-state index contributed by atoms with van der Waals surface area (Å²) < 4.78 is 18.6. The van der Waals surface area contributed by atoms with Gasteiger partial charge in [0.15, 0.2) is 23.3 Å². The van der Waals surface area contributed by atoms with E-state index in [-0.39, 0.29) is 31.0 Å². The molecule has 1 aromatic carbocycles. The largest absolute Gasteiger partial charge is 0.491 e. The fraction of sp³-hybridized carbons (Fsp3) is 0.222. The standard InChI is InChI=1S/C18H16FN3O3/c19-14-6-1-2-8-16(14)25-11-5-7-15(23)13(12-20)18(24)22-17-9-3-4-10-21-17/h1-4,6,8-10,13H,5,7,11H2,(H,21,22,24)/t13-/m1/s1. The van der Waals surface area contributed by atoms with Crippen molar-refractivity contribution in [2.75, 3.05) is 11.9 Å². The van der Waals surface area contributed by atoms with Gasteiger partial charge in [0.1, 0.15) is 5.82 Å². The lowest BCUT2D eigenvalue weighted by molar-refractivity contribution is -0.129. The van der Waals surface area contributed by atoms with E-state index in [1.807, 2.05) is 0 Å². The number of carbonyl (C=O) groups is 2. The molecule has 1 N–H and O–H groups in total. The minimum absolute atomic E-state index is 0.0255. The average molecular weight is 341 g/mol. The van der Waals surface area contributed by atoms with Crippen molar-refractivity contribution in [2.45, 2.75) is 12.8 Å². The zero-order valence-corrected chi connectivity index (χ0v) is 13.3. The van der Waals surface area contributed by atoms with E-state index in [1.54, 1.807) is 36.4 Å². The van der Waals surface area contributed by atoms with Crippen LogP contribution in [-0.2, 0) is 9.59 Å². The quantitative estimate of drug-likeness (QED) is 0.589.